The molecule has 0 unspecified atom stereocenters. The number of carbonyl (C=O) groups excluding carboxylic acids is 3. The molecule has 7 nitrogen and oxygen atoms in total. The van der Waals surface area contributed by atoms with Crippen LogP contribution in [-0.4, -0.2) is 35.5 Å². The number of hydrogen-bond acceptors (Lipinski definition) is 7. The van der Waals surface area contributed by atoms with E-state index in [0.717, 1.165) is 39.1 Å². The van der Waals surface area contributed by atoms with Gasteiger partial charge < -0.3 is 14.0 Å². The molecule has 0 amide bonds. The van der Waals surface area contributed by atoms with E-state index in [1.165, 1.54) is 0 Å². The Labute approximate surface area is 237 Å². The molecule has 40 heavy (non-hydrogen) atoms. The number of hydrogen-bond donors (Lipinski definition) is 0. The van der Waals surface area contributed by atoms with Gasteiger partial charge in [0.15, 0.2) is 5.78 Å². The van der Waals surface area contributed by atoms with Crippen LogP contribution in [-0.2, 0) is 27.2 Å². The van der Waals surface area contributed by atoms with E-state index in [9.17, 15) is 19.6 Å². The highest BCUT2D eigenvalue weighted by Gasteiger charge is 2.28. The highest BCUT2D eigenvalue weighted by Crippen LogP contribution is 2.32. The normalized spacial score (nSPS) is 11.3. The summed E-state index contributed by atoms with van der Waals surface area (Å²) in [5, 5.41) is 10.9. The Hall–Kier alpha value is -4.48. The number of rotatable bonds is 10. The second kappa shape index (κ2) is 12.6. The van der Waals surface area contributed by atoms with Crippen molar-refractivity contribution in [3.05, 3.63) is 97.9 Å². The molecular weight excluding hydrogens is 524 g/mol. The third-order valence-electron chi connectivity index (χ3n) is 6.65. The first-order valence-corrected chi connectivity index (χ1v) is 13.9. The molecule has 2 aromatic carbocycles. The zero-order chi connectivity index (χ0) is 28.8. The van der Waals surface area contributed by atoms with Crippen molar-refractivity contribution in [2.24, 2.45) is 0 Å². The second-order valence-electron chi connectivity index (χ2n) is 9.15. The molecule has 0 aliphatic rings. The Kier molecular flexibility index (Phi) is 8.97. The molecule has 0 atom stereocenters. The van der Waals surface area contributed by atoms with Crippen molar-refractivity contribution in [3.8, 4) is 6.07 Å². The lowest BCUT2D eigenvalue weighted by Gasteiger charge is -2.08. The molecule has 4 aromatic rings. The monoisotopic (exact) mass is 554 g/mol. The molecule has 0 radical (unpaired) electrons. The predicted octanol–water partition coefficient (Wildman–Crippen LogP) is 6.44. The molecule has 204 valence electrons. The van der Waals surface area contributed by atoms with Gasteiger partial charge in [0.25, 0.3) is 0 Å². The van der Waals surface area contributed by atoms with E-state index < -0.39 is 17.7 Å². The summed E-state index contributed by atoms with van der Waals surface area (Å²) < 4.78 is 12.5. The first-order chi connectivity index (χ1) is 19.3. The van der Waals surface area contributed by atoms with E-state index in [0.29, 0.717) is 17.0 Å². The van der Waals surface area contributed by atoms with Crippen LogP contribution in [0.3, 0.4) is 0 Å². The minimum absolute atomic E-state index is 0.0377. The molecule has 0 saturated carbocycles. The summed E-state index contributed by atoms with van der Waals surface area (Å²) in [6.45, 7) is 7.95. The third-order valence-corrected chi connectivity index (χ3v) is 7.93. The van der Waals surface area contributed by atoms with E-state index in [1.54, 1.807) is 26.8 Å². The number of Topliss-reactive ketones (excluding diaryl/α,β-unsaturated/α-hetero) is 1. The maximum Gasteiger partial charge on any atom is 0.348 e. The second-order valence-corrected chi connectivity index (χ2v) is 10.3. The number of benzene rings is 2. The summed E-state index contributed by atoms with van der Waals surface area (Å²) in [5.41, 5.74) is 4.39. The third kappa shape index (κ3) is 5.75. The van der Waals surface area contributed by atoms with Gasteiger partial charge in [0.2, 0.25) is 0 Å². The molecule has 0 fully saturated rings. The van der Waals surface area contributed by atoms with Crippen LogP contribution in [0.2, 0.25) is 0 Å². The van der Waals surface area contributed by atoms with Crippen molar-refractivity contribution in [2.45, 2.75) is 40.7 Å². The number of fused-ring (bicyclic) bond motifs is 1. The van der Waals surface area contributed by atoms with Gasteiger partial charge in [-0.15, -0.1) is 11.3 Å². The molecule has 2 aromatic heterocycles. The summed E-state index contributed by atoms with van der Waals surface area (Å²) in [5.74, 6) is -1.63. The van der Waals surface area contributed by atoms with Gasteiger partial charge in [0.1, 0.15) is 10.9 Å². The largest absolute Gasteiger partial charge is 0.462 e. The maximum absolute atomic E-state index is 13.5. The lowest BCUT2D eigenvalue weighted by molar-refractivity contribution is -0.114. The Bertz CT molecular complexity index is 1650. The quantitative estimate of drug-likeness (QED) is 0.127. The molecule has 0 spiro atoms. The van der Waals surface area contributed by atoms with Crippen molar-refractivity contribution < 1.29 is 23.9 Å². The number of nitriles is 1. The molecule has 0 bridgehead atoms. The first kappa shape index (κ1) is 28.5. The Balaban J connectivity index is 1.74. The van der Waals surface area contributed by atoms with Gasteiger partial charge in [-0.2, -0.15) is 5.26 Å². The van der Waals surface area contributed by atoms with E-state index in [1.807, 2.05) is 49.4 Å². The SMILES string of the molecule is CCOC(=O)c1sc(CC(=O)/C(C#N)=C/c2c(C)n(Cc3ccccc3)c3ccccc23)c(C(=O)OCC)c1C. The van der Waals surface area contributed by atoms with Crippen molar-refractivity contribution in [1.82, 2.24) is 4.57 Å². The summed E-state index contributed by atoms with van der Waals surface area (Å²) in [7, 11) is 0. The summed E-state index contributed by atoms with van der Waals surface area (Å²) in [4.78, 5) is 39.4. The van der Waals surface area contributed by atoms with Crippen LogP contribution in [0.25, 0.3) is 17.0 Å². The predicted molar refractivity (Wildman–Crippen MR) is 155 cm³/mol. The van der Waals surface area contributed by atoms with Gasteiger partial charge in [-0.1, -0.05) is 48.5 Å². The number of esters is 2. The Morgan fingerprint density at radius 1 is 0.950 bits per heavy atom. The van der Waals surface area contributed by atoms with Crippen molar-refractivity contribution >= 4 is 46.0 Å². The summed E-state index contributed by atoms with van der Waals surface area (Å²) >= 11 is 1.02. The molecule has 2 heterocycles. The fraction of sp³-hybridized carbons (Fsp3) is 0.250. The Morgan fingerprint density at radius 2 is 1.60 bits per heavy atom. The minimum Gasteiger partial charge on any atom is -0.462 e. The summed E-state index contributed by atoms with van der Waals surface area (Å²) in [6.07, 6.45) is 1.40. The van der Waals surface area contributed by atoms with Crippen LogP contribution in [0.15, 0.2) is 60.2 Å². The number of ketones is 1. The first-order valence-electron chi connectivity index (χ1n) is 13.0. The molecular formula is C32H30N2O5S. The highest BCUT2D eigenvalue weighted by molar-refractivity contribution is 7.14. The van der Waals surface area contributed by atoms with Gasteiger partial charge in [-0.3, -0.25) is 4.79 Å². The molecule has 0 aliphatic carbocycles. The van der Waals surface area contributed by atoms with Crippen LogP contribution in [0.1, 0.15) is 61.1 Å². The average Bonchev–Trinajstić information content (AvgIpc) is 3.41. The van der Waals surface area contributed by atoms with E-state index in [4.69, 9.17) is 9.47 Å². The fourth-order valence-electron chi connectivity index (χ4n) is 4.73. The van der Waals surface area contributed by atoms with Crippen molar-refractivity contribution in [2.75, 3.05) is 13.2 Å². The summed E-state index contributed by atoms with van der Waals surface area (Å²) in [6, 6.07) is 20.0. The van der Waals surface area contributed by atoms with Gasteiger partial charge in [0, 0.05) is 40.0 Å². The number of nitrogens with zero attached hydrogens (tertiary/aromatic N) is 2. The van der Waals surface area contributed by atoms with Gasteiger partial charge >= 0.3 is 11.9 Å². The van der Waals surface area contributed by atoms with E-state index in [2.05, 4.69) is 22.8 Å². The molecule has 8 heteroatoms. The zero-order valence-corrected chi connectivity index (χ0v) is 23.8. The molecule has 0 aliphatic heterocycles. The zero-order valence-electron chi connectivity index (χ0n) is 22.9. The van der Waals surface area contributed by atoms with Crippen LogP contribution >= 0.6 is 11.3 Å². The highest BCUT2D eigenvalue weighted by atomic mass is 32.1. The van der Waals surface area contributed by atoms with E-state index in [-0.39, 0.29) is 35.6 Å². The topological polar surface area (TPSA) is 98.4 Å². The van der Waals surface area contributed by atoms with Crippen LogP contribution < -0.4 is 0 Å². The van der Waals surface area contributed by atoms with Gasteiger partial charge in [-0.25, -0.2) is 9.59 Å². The van der Waals surface area contributed by atoms with Gasteiger partial charge in [-0.05, 0) is 51.0 Å². The number of allylic oxidation sites excluding steroid dienone is 1. The van der Waals surface area contributed by atoms with E-state index >= 15 is 0 Å². The smallest absolute Gasteiger partial charge is 0.348 e. The Morgan fingerprint density at radius 3 is 2.27 bits per heavy atom. The number of para-hydroxylation sites is 1. The minimum atomic E-state index is -0.614. The maximum atomic E-state index is 13.5. The number of aromatic nitrogens is 1. The molecule has 0 saturated heterocycles. The average molecular weight is 555 g/mol. The molecule has 4 rings (SSSR count). The van der Waals surface area contributed by atoms with Crippen LogP contribution in [0.4, 0.5) is 0 Å². The number of thiophene rings is 1. The lowest BCUT2D eigenvalue weighted by atomic mass is 10.0. The van der Waals surface area contributed by atoms with Crippen molar-refractivity contribution in [3.63, 3.8) is 0 Å². The standard InChI is InChI=1S/C32H30N2O5S/c1-5-38-31(36)29-20(3)30(32(37)39-6-2)40-28(29)17-27(35)23(18-33)16-25-21(4)34(19-22-12-8-7-9-13-22)26-15-11-10-14-24(25)26/h7-16H,5-6,17,19H2,1-4H3/b23-16+. The van der Waals surface area contributed by atoms with Crippen LogP contribution in [0, 0.1) is 25.2 Å². The fourth-order valence-corrected chi connectivity index (χ4v) is 5.92. The number of carbonyl (C=O) groups is 3. The molecule has 0 N–H and O–H groups in total. The lowest BCUT2D eigenvalue weighted by Crippen LogP contribution is -2.12. The van der Waals surface area contributed by atoms with Crippen LogP contribution in [0.5, 0.6) is 0 Å². The van der Waals surface area contributed by atoms with Gasteiger partial charge in [0.05, 0.1) is 24.4 Å². The number of ether oxygens (including phenoxy) is 2. The van der Waals surface area contributed by atoms with Crippen molar-refractivity contribution in [1.29, 1.82) is 5.26 Å².